The summed E-state index contributed by atoms with van der Waals surface area (Å²) in [7, 11) is 1.25. The number of phenols is 2. The van der Waals surface area contributed by atoms with Crippen LogP contribution in [0, 0.1) is 20.8 Å². The number of nitrogens with zero attached hydrogens (tertiary/aromatic N) is 2. The maximum Gasteiger partial charge on any atom is 0.337 e. The van der Waals surface area contributed by atoms with Gasteiger partial charge in [0.2, 0.25) is 0 Å². The number of rotatable bonds is 5. The molecule has 0 spiro atoms. The molecule has 1 heterocycles. The van der Waals surface area contributed by atoms with E-state index in [-0.39, 0.29) is 28.6 Å². The molecule has 184 valence electrons. The van der Waals surface area contributed by atoms with E-state index in [1.54, 1.807) is 51.1 Å². The molecule has 1 aromatic heterocycles. The number of nitrogens with one attached hydrogen (secondary N) is 1. The first kappa shape index (κ1) is 25.3. The molecule has 35 heavy (non-hydrogen) atoms. The second-order valence-electron chi connectivity index (χ2n) is 8.50. The van der Waals surface area contributed by atoms with E-state index in [1.165, 1.54) is 20.0 Å². The number of para-hydroxylation sites is 1. The van der Waals surface area contributed by atoms with E-state index in [1.807, 2.05) is 0 Å². The first-order chi connectivity index (χ1) is 16.3. The van der Waals surface area contributed by atoms with E-state index >= 15 is 0 Å². The number of amides is 1. The van der Waals surface area contributed by atoms with E-state index in [2.05, 4.69) is 5.32 Å². The number of carbonyl (C=O) groups excluding carboxylic acids is 1. The van der Waals surface area contributed by atoms with Crippen molar-refractivity contribution in [1.82, 2.24) is 9.13 Å². The fourth-order valence-electron chi connectivity index (χ4n) is 3.58. The van der Waals surface area contributed by atoms with Crippen LogP contribution in [0.25, 0.3) is 11.8 Å². The Morgan fingerprint density at radius 1 is 1.03 bits per heavy atom. The third kappa shape index (κ3) is 4.43. The average Bonchev–Trinajstić information content (AvgIpc) is 2.83. The van der Waals surface area contributed by atoms with Gasteiger partial charge in [0.1, 0.15) is 23.0 Å². The summed E-state index contributed by atoms with van der Waals surface area (Å²) in [5, 5.41) is 33.9. The van der Waals surface area contributed by atoms with E-state index < -0.39 is 22.8 Å². The lowest BCUT2D eigenvalue weighted by Crippen LogP contribution is -2.44. The van der Waals surface area contributed by atoms with Gasteiger partial charge in [0, 0.05) is 18.2 Å². The molecule has 2 aromatic carbocycles. The van der Waals surface area contributed by atoms with Crippen LogP contribution in [-0.4, -0.2) is 36.0 Å². The van der Waals surface area contributed by atoms with Crippen LogP contribution in [0.15, 0.2) is 46.0 Å². The molecule has 1 unspecified atom stereocenters. The molecule has 0 aliphatic heterocycles. The number of phenolic OH excluding ortho intramolecular Hbond substituents is 2. The van der Waals surface area contributed by atoms with Crippen LogP contribution in [0.4, 0.5) is 11.5 Å². The van der Waals surface area contributed by atoms with E-state index in [9.17, 15) is 29.7 Å². The van der Waals surface area contributed by atoms with Crippen molar-refractivity contribution in [1.29, 1.82) is 0 Å². The Labute approximate surface area is 201 Å². The number of aliphatic hydroxyl groups is 1. The number of anilines is 2. The summed E-state index contributed by atoms with van der Waals surface area (Å²) >= 11 is 0. The van der Waals surface area contributed by atoms with Gasteiger partial charge in [-0.2, -0.15) is 0 Å². The number of carbonyl (C=O) groups is 1. The highest BCUT2D eigenvalue weighted by molar-refractivity contribution is 6.00. The van der Waals surface area contributed by atoms with E-state index in [0.717, 1.165) is 15.2 Å². The lowest BCUT2D eigenvalue weighted by atomic mass is 9.95. The molecule has 0 radical (unpaired) electrons. The Balaban J connectivity index is 2.02. The number of aromatic nitrogens is 2. The van der Waals surface area contributed by atoms with Gasteiger partial charge in [0.05, 0.1) is 5.69 Å². The fourth-order valence-corrected chi connectivity index (χ4v) is 3.58. The molecule has 0 aliphatic carbocycles. The highest BCUT2D eigenvalue weighted by atomic mass is 16.3. The predicted molar refractivity (Wildman–Crippen MR) is 134 cm³/mol. The second kappa shape index (κ2) is 9.15. The minimum absolute atomic E-state index is 0.0107. The van der Waals surface area contributed by atoms with Crippen molar-refractivity contribution in [3.05, 3.63) is 79.5 Å². The van der Waals surface area contributed by atoms with E-state index in [0.29, 0.717) is 22.4 Å². The minimum atomic E-state index is -2.15. The molecule has 3 rings (SSSR count). The highest BCUT2D eigenvalue weighted by Gasteiger charge is 2.30. The van der Waals surface area contributed by atoms with Gasteiger partial charge >= 0.3 is 5.69 Å². The predicted octanol–water partition coefficient (Wildman–Crippen LogP) is 1.86. The van der Waals surface area contributed by atoms with Gasteiger partial charge in [0.15, 0.2) is 5.60 Å². The summed E-state index contributed by atoms with van der Waals surface area (Å²) in [6, 6.07) is 8.33. The normalized spacial score (nSPS) is 13.1. The number of benzene rings is 2. The summed E-state index contributed by atoms with van der Waals surface area (Å²) in [6.45, 7) is 6.06. The molecule has 1 amide bonds. The second-order valence-corrected chi connectivity index (χ2v) is 8.50. The zero-order chi connectivity index (χ0) is 26.2. The summed E-state index contributed by atoms with van der Waals surface area (Å²) in [5.41, 5.74) is 3.97. The molecule has 10 heteroatoms. The topological polar surface area (TPSA) is 160 Å². The largest absolute Gasteiger partial charge is 0.507 e. The fraction of sp³-hybridized carbons (Fsp3) is 0.240. The number of nitrogens with two attached hydrogens (primary N) is 1. The summed E-state index contributed by atoms with van der Waals surface area (Å²) in [4.78, 5) is 38.3. The van der Waals surface area contributed by atoms with Crippen LogP contribution >= 0.6 is 0 Å². The van der Waals surface area contributed by atoms with Crippen LogP contribution in [-0.2, 0) is 11.8 Å². The Bertz CT molecular complexity index is 1440. The van der Waals surface area contributed by atoms with Gasteiger partial charge in [0.25, 0.3) is 11.5 Å². The molecule has 6 N–H and O–H groups in total. The van der Waals surface area contributed by atoms with Gasteiger partial charge < -0.3 is 26.4 Å². The SMILES string of the molecule is Cc1c(C)c(O)c(C=CC(C)(O)C(=O)Nc2c(N)n(-c3ccccc3)c(=O)n(C)c2=O)c(C)c1O. The average molecular weight is 481 g/mol. The van der Waals surface area contributed by atoms with Gasteiger partial charge in [-0.05, 0) is 57.0 Å². The first-order valence-corrected chi connectivity index (χ1v) is 10.7. The molecule has 1 atom stereocenters. The lowest BCUT2D eigenvalue weighted by Gasteiger charge is -2.21. The monoisotopic (exact) mass is 480 g/mol. The Hall–Kier alpha value is -4.31. The van der Waals surface area contributed by atoms with Gasteiger partial charge in [-0.25, -0.2) is 9.36 Å². The van der Waals surface area contributed by atoms with Crippen molar-refractivity contribution in [3.63, 3.8) is 0 Å². The molecule has 0 aliphatic rings. The van der Waals surface area contributed by atoms with Gasteiger partial charge in [-0.15, -0.1) is 0 Å². The Morgan fingerprint density at radius 2 is 1.60 bits per heavy atom. The van der Waals surface area contributed by atoms with Crippen LogP contribution < -0.4 is 22.3 Å². The quantitative estimate of drug-likeness (QED) is 0.348. The molecular weight excluding hydrogens is 452 g/mol. The van der Waals surface area contributed by atoms with Crippen molar-refractivity contribution >= 4 is 23.5 Å². The maximum atomic E-state index is 12.9. The number of nitrogen functional groups attached to an aromatic ring is 1. The summed E-state index contributed by atoms with van der Waals surface area (Å²) in [5.74, 6) is -1.41. The van der Waals surface area contributed by atoms with Crippen molar-refractivity contribution in [3.8, 4) is 17.2 Å². The Kier molecular flexibility index (Phi) is 6.62. The molecule has 0 saturated carbocycles. The molecular formula is C25H28N4O6. The molecule has 10 nitrogen and oxygen atoms in total. The first-order valence-electron chi connectivity index (χ1n) is 10.7. The van der Waals surface area contributed by atoms with Crippen LogP contribution in [0.1, 0.15) is 29.2 Å². The zero-order valence-corrected chi connectivity index (χ0v) is 20.1. The zero-order valence-electron chi connectivity index (χ0n) is 20.1. The smallest absolute Gasteiger partial charge is 0.337 e. The van der Waals surface area contributed by atoms with Crippen molar-refractivity contribution in [2.24, 2.45) is 7.05 Å². The molecule has 3 aromatic rings. The van der Waals surface area contributed by atoms with Crippen LogP contribution in [0.5, 0.6) is 11.5 Å². The van der Waals surface area contributed by atoms with Crippen molar-refractivity contribution in [2.75, 3.05) is 11.1 Å². The van der Waals surface area contributed by atoms with E-state index in [4.69, 9.17) is 5.73 Å². The van der Waals surface area contributed by atoms with Gasteiger partial charge in [-0.3, -0.25) is 14.2 Å². The summed E-state index contributed by atoms with van der Waals surface area (Å²) < 4.78 is 1.86. The molecule has 0 bridgehead atoms. The standard InChI is InChI=1S/C25H28N4O6/c1-13-14(2)20(31)17(15(3)19(13)30)11-12-25(4,35)23(33)27-18-21(26)29(16-9-7-6-8-10-16)24(34)28(5)22(18)32/h6-12,30-31,35H,26H2,1-5H3,(H,27,33). The molecule has 0 saturated heterocycles. The number of hydrogen-bond donors (Lipinski definition) is 5. The third-order valence-electron chi connectivity index (χ3n) is 6.07. The number of aromatic hydroxyl groups is 2. The van der Waals surface area contributed by atoms with Crippen LogP contribution in [0.3, 0.4) is 0 Å². The summed E-state index contributed by atoms with van der Waals surface area (Å²) in [6.07, 6.45) is 2.43. The Morgan fingerprint density at radius 3 is 2.20 bits per heavy atom. The van der Waals surface area contributed by atoms with Crippen LogP contribution in [0.2, 0.25) is 0 Å². The number of hydrogen-bond acceptors (Lipinski definition) is 7. The molecule has 0 fully saturated rings. The van der Waals surface area contributed by atoms with Crippen molar-refractivity contribution < 1.29 is 20.1 Å². The lowest BCUT2D eigenvalue weighted by molar-refractivity contribution is -0.128. The maximum absolute atomic E-state index is 12.9. The van der Waals surface area contributed by atoms with Crippen molar-refractivity contribution in [2.45, 2.75) is 33.3 Å². The minimum Gasteiger partial charge on any atom is -0.507 e. The third-order valence-corrected chi connectivity index (χ3v) is 6.07. The highest BCUT2D eigenvalue weighted by Crippen LogP contribution is 2.37. The van der Waals surface area contributed by atoms with Gasteiger partial charge in [-0.1, -0.05) is 24.3 Å².